The lowest BCUT2D eigenvalue weighted by atomic mass is 9.87. The number of carboxylic acids is 1. The van der Waals surface area contributed by atoms with Gasteiger partial charge in [0.05, 0.1) is 0 Å². The van der Waals surface area contributed by atoms with E-state index in [1.807, 2.05) is 0 Å². The summed E-state index contributed by atoms with van der Waals surface area (Å²) in [7, 11) is -4.11. The molecule has 1 aromatic rings. The van der Waals surface area contributed by atoms with Crippen LogP contribution in [0.2, 0.25) is 0 Å². The lowest BCUT2D eigenvalue weighted by molar-refractivity contribution is -0.142. The molecule has 0 unspecified atom stereocenters. The summed E-state index contributed by atoms with van der Waals surface area (Å²) < 4.78 is 46.7. The standard InChI is InChI=1S/C17H21BrFNO5S/c18-14-3-1-13(2-4-14)16(19)5-9-20(10-6-16)26(23,24)17(15(21)22)7-11-25-12-8-17/h1-4H,5-12H2,(H,21,22). The molecule has 0 amide bonds. The highest BCUT2D eigenvalue weighted by Crippen LogP contribution is 2.41. The van der Waals surface area contributed by atoms with Crippen molar-refractivity contribution in [3.8, 4) is 0 Å². The Labute approximate surface area is 160 Å². The highest BCUT2D eigenvalue weighted by Gasteiger charge is 2.55. The minimum atomic E-state index is -4.11. The second-order valence-electron chi connectivity index (χ2n) is 6.79. The number of nitrogens with zero attached hydrogens (tertiary/aromatic N) is 1. The molecule has 1 N–H and O–H groups in total. The number of carbonyl (C=O) groups is 1. The first-order chi connectivity index (χ1) is 12.2. The number of sulfonamides is 1. The van der Waals surface area contributed by atoms with Crippen molar-refractivity contribution in [3.05, 3.63) is 34.3 Å². The molecule has 3 rings (SSSR count). The zero-order valence-corrected chi connectivity index (χ0v) is 16.6. The Bertz CT molecular complexity index is 769. The molecule has 0 spiro atoms. The summed E-state index contributed by atoms with van der Waals surface area (Å²) in [6.07, 6.45) is -0.177. The molecule has 26 heavy (non-hydrogen) atoms. The molecule has 0 bridgehead atoms. The maximum absolute atomic E-state index is 15.3. The minimum absolute atomic E-state index is 0.0000609. The summed E-state index contributed by atoms with van der Waals surface area (Å²) in [5.41, 5.74) is -1.10. The van der Waals surface area contributed by atoms with E-state index in [-0.39, 0.29) is 52.0 Å². The first-order valence-electron chi connectivity index (χ1n) is 8.47. The van der Waals surface area contributed by atoms with E-state index in [1.165, 1.54) is 0 Å². The number of alkyl halides is 1. The Hall–Kier alpha value is -1.03. The van der Waals surface area contributed by atoms with Crippen molar-refractivity contribution in [1.82, 2.24) is 4.31 Å². The fraction of sp³-hybridized carbons (Fsp3) is 0.588. The van der Waals surface area contributed by atoms with Crippen LogP contribution in [0.3, 0.4) is 0 Å². The van der Waals surface area contributed by atoms with Gasteiger partial charge in [0.15, 0.2) is 4.75 Å². The first kappa shape index (κ1) is 19.7. The summed E-state index contributed by atoms with van der Waals surface area (Å²) in [6.45, 7) is 0.103. The molecule has 144 valence electrons. The molecule has 2 aliphatic rings. The Balaban J connectivity index is 1.80. The molecule has 0 aliphatic carbocycles. The van der Waals surface area contributed by atoms with Crippen LogP contribution in [0.25, 0.3) is 0 Å². The lowest BCUT2D eigenvalue weighted by Gasteiger charge is -2.41. The number of benzene rings is 1. The highest BCUT2D eigenvalue weighted by atomic mass is 79.9. The van der Waals surface area contributed by atoms with Crippen LogP contribution in [-0.2, 0) is 25.2 Å². The molecule has 0 saturated carbocycles. The van der Waals surface area contributed by atoms with Gasteiger partial charge in [0.2, 0.25) is 10.0 Å². The molecule has 6 nitrogen and oxygen atoms in total. The zero-order chi connectivity index (χ0) is 19.0. The van der Waals surface area contributed by atoms with Crippen LogP contribution in [0, 0.1) is 0 Å². The molecule has 2 aliphatic heterocycles. The number of hydrogen-bond donors (Lipinski definition) is 1. The number of ether oxygens (including phenoxy) is 1. The third kappa shape index (κ3) is 3.30. The molecule has 9 heteroatoms. The molecule has 2 fully saturated rings. The predicted octanol–water partition coefficient (Wildman–Crippen LogP) is 2.67. The number of piperidine rings is 1. The predicted molar refractivity (Wildman–Crippen MR) is 97.1 cm³/mol. The molecule has 2 heterocycles. The Morgan fingerprint density at radius 1 is 1.12 bits per heavy atom. The van der Waals surface area contributed by atoms with E-state index >= 15 is 4.39 Å². The highest BCUT2D eigenvalue weighted by molar-refractivity contribution is 9.10. The number of halogens is 2. The number of aliphatic carboxylic acids is 1. The van der Waals surface area contributed by atoms with Crippen molar-refractivity contribution < 1.29 is 27.4 Å². The van der Waals surface area contributed by atoms with Crippen LogP contribution in [0.5, 0.6) is 0 Å². The van der Waals surface area contributed by atoms with E-state index in [0.717, 1.165) is 8.78 Å². The van der Waals surface area contributed by atoms with E-state index in [0.29, 0.717) is 5.56 Å². The van der Waals surface area contributed by atoms with Gasteiger partial charge in [0.1, 0.15) is 5.67 Å². The van der Waals surface area contributed by atoms with Crippen LogP contribution in [0.4, 0.5) is 4.39 Å². The van der Waals surface area contributed by atoms with Gasteiger partial charge in [-0.2, -0.15) is 0 Å². The number of carboxylic acid groups (broad SMARTS) is 1. The van der Waals surface area contributed by atoms with Gasteiger partial charge < -0.3 is 9.84 Å². The zero-order valence-electron chi connectivity index (χ0n) is 14.2. The van der Waals surface area contributed by atoms with Crippen LogP contribution in [-0.4, -0.2) is 54.8 Å². The summed E-state index contributed by atoms with van der Waals surface area (Å²) in [5.74, 6) is -1.36. The van der Waals surface area contributed by atoms with Gasteiger partial charge >= 0.3 is 5.97 Å². The second-order valence-corrected chi connectivity index (χ2v) is 9.95. The summed E-state index contributed by atoms with van der Waals surface area (Å²) in [6, 6.07) is 6.87. The van der Waals surface area contributed by atoms with Crippen molar-refractivity contribution in [2.45, 2.75) is 36.1 Å². The van der Waals surface area contributed by atoms with Crippen LogP contribution in [0.15, 0.2) is 28.7 Å². The molecule has 0 aromatic heterocycles. The molecule has 0 radical (unpaired) electrons. The van der Waals surface area contributed by atoms with Crippen molar-refractivity contribution >= 4 is 31.9 Å². The SMILES string of the molecule is O=C(O)C1(S(=O)(=O)N2CCC(F)(c3ccc(Br)cc3)CC2)CCOCC1. The van der Waals surface area contributed by atoms with Gasteiger partial charge in [-0.05, 0) is 30.5 Å². The average molecular weight is 450 g/mol. The van der Waals surface area contributed by atoms with Crippen molar-refractivity contribution in [2.75, 3.05) is 26.3 Å². The number of hydrogen-bond acceptors (Lipinski definition) is 4. The molecular formula is C17H21BrFNO5S. The van der Waals surface area contributed by atoms with Gasteiger partial charge in [-0.15, -0.1) is 0 Å². The summed E-state index contributed by atoms with van der Waals surface area (Å²) >= 11 is 3.31. The topological polar surface area (TPSA) is 83.9 Å². The van der Waals surface area contributed by atoms with Crippen molar-refractivity contribution in [1.29, 1.82) is 0 Å². The smallest absolute Gasteiger partial charge is 0.326 e. The molecule has 0 atom stereocenters. The van der Waals surface area contributed by atoms with Crippen molar-refractivity contribution in [3.63, 3.8) is 0 Å². The van der Waals surface area contributed by atoms with Crippen LogP contribution in [0.1, 0.15) is 31.2 Å². The maximum Gasteiger partial charge on any atom is 0.326 e. The maximum atomic E-state index is 15.3. The van der Waals surface area contributed by atoms with E-state index in [2.05, 4.69) is 15.9 Å². The second kappa shape index (κ2) is 7.18. The fourth-order valence-electron chi connectivity index (χ4n) is 3.65. The Morgan fingerprint density at radius 3 is 2.15 bits per heavy atom. The minimum Gasteiger partial charge on any atom is -0.480 e. The average Bonchev–Trinajstić information content (AvgIpc) is 2.63. The van der Waals surface area contributed by atoms with E-state index in [1.54, 1.807) is 24.3 Å². The van der Waals surface area contributed by atoms with Gasteiger partial charge in [0, 0.05) is 43.6 Å². The van der Waals surface area contributed by atoms with Gasteiger partial charge in [-0.1, -0.05) is 28.1 Å². The Morgan fingerprint density at radius 2 is 1.65 bits per heavy atom. The van der Waals surface area contributed by atoms with Gasteiger partial charge in [-0.3, -0.25) is 4.79 Å². The van der Waals surface area contributed by atoms with E-state index < -0.39 is 26.4 Å². The lowest BCUT2D eigenvalue weighted by Crippen LogP contribution is -2.58. The first-order valence-corrected chi connectivity index (χ1v) is 10.7. The quantitative estimate of drug-likeness (QED) is 0.763. The van der Waals surface area contributed by atoms with Gasteiger partial charge in [0.25, 0.3) is 0 Å². The molecule has 1 aromatic carbocycles. The normalized spacial score (nSPS) is 23.5. The number of rotatable bonds is 4. The molecular weight excluding hydrogens is 429 g/mol. The Kier molecular flexibility index (Phi) is 5.45. The third-order valence-corrected chi connectivity index (χ3v) is 8.54. The largest absolute Gasteiger partial charge is 0.480 e. The summed E-state index contributed by atoms with van der Waals surface area (Å²) in [5, 5.41) is 9.62. The van der Waals surface area contributed by atoms with Crippen LogP contribution >= 0.6 is 15.9 Å². The molecule has 2 saturated heterocycles. The monoisotopic (exact) mass is 449 g/mol. The third-order valence-electron chi connectivity index (χ3n) is 5.40. The van der Waals surface area contributed by atoms with E-state index in [9.17, 15) is 18.3 Å². The van der Waals surface area contributed by atoms with Gasteiger partial charge in [-0.25, -0.2) is 17.1 Å². The summed E-state index contributed by atoms with van der Waals surface area (Å²) in [4.78, 5) is 11.8. The van der Waals surface area contributed by atoms with Crippen LogP contribution < -0.4 is 0 Å². The fourth-order valence-corrected chi connectivity index (χ4v) is 5.97. The van der Waals surface area contributed by atoms with E-state index in [4.69, 9.17) is 4.74 Å². The van der Waals surface area contributed by atoms with Crippen molar-refractivity contribution in [2.24, 2.45) is 0 Å².